The van der Waals surface area contributed by atoms with Gasteiger partial charge in [-0.2, -0.15) is 0 Å². The minimum Gasteiger partial charge on any atom is -0.508 e. The standard InChI is InChI=1S/C14H10O5/c1-18-8-5-10-13(17)9-3-2-7(15)4-12(9)19-14(10)11(16)6-8/h2-6,15-16H,1H3. The van der Waals surface area contributed by atoms with Crippen LogP contribution in [0.2, 0.25) is 0 Å². The maximum atomic E-state index is 12.3. The van der Waals surface area contributed by atoms with Crippen LogP contribution in [0.5, 0.6) is 17.2 Å². The first-order valence-electron chi connectivity index (χ1n) is 5.56. The van der Waals surface area contributed by atoms with Crippen LogP contribution in [0, 0.1) is 0 Å². The molecule has 0 saturated carbocycles. The third kappa shape index (κ3) is 1.67. The van der Waals surface area contributed by atoms with E-state index in [0.717, 1.165) is 0 Å². The lowest BCUT2D eigenvalue weighted by Crippen LogP contribution is -2.02. The van der Waals surface area contributed by atoms with E-state index in [4.69, 9.17) is 9.15 Å². The van der Waals surface area contributed by atoms with Crippen molar-refractivity contribution in [3.05, 3.63) is 40.6 Å². The molecule has 0 atom stereocenters. The minimum absolute atomic E-state index is 0.0111. The number of rotatable bonds is 1. The fraction of sp³-hybridized carbons (Fsp3) is 0.0714. The molecular formula is C14H10O5. The Bertz CT molecular complexity index is 848. The number of aromatic hydroxyl groups is 2. The summed E-state index contributed by atoms with van der Waals surface area (Å²) in [6.45, 7) is 0. The Hall–Kier alpha value is -2.69. The molecule has 0 aliphatic carbocycles. The SMILES string of the molecule is COc1cc(O)c2oc3cc(O)ccc3c(=O)c2c1. The zero-order chi connectivity index (χ0) is 13.6. The first-order valence-corrected chi connectivity index (χ1v) is 5.56. The average Bonchev–Trinajstić information content (AvgIpc) is 2.39. The molecule has 0 saturated heterocycles. The van der Waals surface area contributed by atoms with E-state index in [0.29, 0.717) is 11.1 Å². The number of benzene rings is 2. The van der Waals surface area contributed by atoms with E-state index in [9.17, 15) is 15.0 Å². The summed E-state index contributed by atoms with van der Waals surface area (Å²) in [7, 11) is 1.45. The molecule has 1 aromatic heterocycles. The Labute approximate surface area is 107 Å². The number of hydrogen-bond acceptors (Lipinski definition) is 5. The summed E-state index contributed by atoms with van der Waals surface area (Å²) >= 11 is 0. The molecule has 96 valence electrons. The number of phenols is 2. The van der Waals surface area contributed by atoms with Gasteiger partial charge in [0.05, 0.1) is 17.9 Å². The van der Waals surface area contributed by atoms with Crippen LogP contribution in [0.4, 0.5) is 0 Å². The average molecular weight is 258 g/mol. The van der Waals surface area contributed by atoms with Crippen molar-refractivity contribution in [1.82, 2.24) is 0 Å². The van der Waals surface area contributed by atoms with Gasteiger partial charge in [0, 0.05) is 12.1 Å². The van der Waals surface area contributed by atoms with E-state index in [1.807, 2.05) is 0 Å². The van der Waals surface area contributed by atoms with Gasteiger partial charge in [0.15, 0.2) is 11.3 Å². The molecule has 19 heavy (non-hydrogen) atoms. The molecular weight excluding hydrogens is 248 g/mol. The van der Waals surface area contributed by atoms with Gasteiger partial charge in [-0.25, -0.2) is 0 Å². The van der Waals surface area contributed by atoms with E-state index < -0.39 is 0 Å². The first kappa shape index (κ1) is 11.4. The first-order chi connectivity index (χ1) is 9.10. The molecule has 0 aliphatic heterocycles. The van der Waals surface area contributed by atoms with E-state index in [-0.39, 0.29) is 33.5 Å². The lowest BCUT2D eigenvalue weighted by molar-refractivity contribution is 0.407. The molecule has 0 fully saturated rings. The van der Waals surface area contributed by atoms with Gasteiger partial charge in [0.25, 0.3) is 0 Å². The third-order valence-electron chi connectivity index (χ3n) is 2.95. The summed E-state index contributed by atoms with van der Waals surface area (Å²) in [5.74, 6) is 0.176. The Morgan fingerprint density at radius 1 is 1.11 bits per heavy atom. The van der Waals surface area contributed by atoms with Crippen molar-refractivity contribution in [3.8, 4) is 17.2 Å². The van der Waals surface area contributed by atoms with Crippen molar-refractivity contribution in [2.45, 2.75) is 0 Å². The van der Waals surface area contributed by atoms with Crippen LogP contribution in [-0.2, 0) is 0 Å². The Morgan fingerprint density at radius 3 is 2.63 bits per heavy atom. The molecule has 0 radical (unpaired) electrons. The van der Waals surface area contributed by atoms with Crippen LogP contribution in [-0.4, -0.2) is 17.3 Å². The molecule has 3 aromatic rings. The lowest BCUT2D eigenvalue weighted by atomic mass is 10.1. The van der Waals surface area contributed by atoms with Crippen LogP contribution >= 0.6 is 0 Å². The van der Waals surface area contributed by atoms with Crippen LogP contribution in [0.3, 0.4) is 0 Å². The largest absolute Gasteiger partial charge is 0.508 e. The van der Waals surface area contributed by atoms with Gasteiger partial charge in [0.2, 0.25) is 5.43 Å². The summed E-state index contributed by atoms with van der Waals surface area (Å²) in [5, 5.41) is 19.8. The fourth-order valence-corrected chi connectivity index (χ4v) is 2.02. The second-order valence-electron chi connectivity index (χ2n) is 4.13. The van der Waals surface area contributed by atoms with Gasteiger partial charge in [-0.15, -0.1) is 0 Å². The Balaban J connectivity index is 2.53. The highest BCUT2D eigenvalue weighted by molar-refractivity contribution is 5.93. The monoisotopic (exact) mass is 258 g/mol. The van der Waals surface area contributed by atoms with Crippen LogP contribution in [0.25, 0.3) is 21.9 Å². The molecule has 0 spiro atoms. The molecule has 1 heterocycles. The highest BCUT2D eigenvalue weighted by atomic mass is 16.5. The second-order valence-corrected chi connectivity index (χ2v) is 4.13. The topological polar surface area (TPSA) is 79.9 Å². The number of methoxy groups -OCH3 is 1. The third-order valence-corrected chi connectivity index (χ3v) is 2.95. The molecule has 0 unspecified atom stereocenters. The van der Waals surface area contributed by atoms with Crippen molar-refractivity contribution in [2.24, 2.45) is 0 Å². The van der Waals surface area contributed by atoms with E-state index in [2.05, 4.69) is 0 Å². The van der Waals surface area contributed by atoms with Crippen molar-refractivity contribution < 1.29 is 19.4 Å². The molecule has 2 N–H and O–H groups in total. The number of phenolic OH excluding ortho intramolecular Hbond substituents is 2. The van der Waals surface area contributed by atoms with Gasteiger partial charge in [0.1, 0.15) is 17.1 Å². The number of fused-ring (bicyclic) bond motifs is 2. The van der Waals surface area contributed by atoms with Gasteiger partial charge in [-0.3, -0.25) is 4.79 Å². The predicted octanol–water partition coefficient (Wildman–Crippen LogP) is 2.37. The van der Waals surface area contributed by atoms with Gasteiger partial charge < -0.3 is 19.4 Å². The van der Waals surface area contributed by atoms with Crippen molar-refractivity contribution in [1.29, 1.82) is 0 Å². The zero-order valence-electron chi connectivity index (χ0n) is 10.0. The normalized spacial score (nSPS) is 11.0. The number of ether oxygens (including phenoxy) is 1. The fourth-order valence-electron chi connectivity index (χ4n) is 2.02. The summed E-state index contributed by atoms with van der Waals surface area (Å²) in [6, 6.07) is 7.09. The molecule has 0 amide bonds. The molecule has 0 bridgehead atoms. The van der Waals surface area contributed by atoms with Crippen LogP contribution in [0.15, 0.2) is 39.5 Å². The quantitative estimate of drug-likeness (QED) is 0.655. The van der Waals surface area contributed by atoms with Crippen molar-refractivity contribution in [3.63, 3.8) is 0 Å². The molecule has 0 aliphatic rings. The Kier molecular flexibility index (Phi) is 2.35. The summed E-state index contributed by atoms with van der Waals surface area (Å²) < 4.78 is 10.5. The van der Waals surface area contributed by atoms with Crippen molar-refractivity contribution in [2.75, 3.05) is 7.11 Å². The van der Waals surface area contributed by atoms with Crippen molar-refractivity contribution >= 4 is 21.9 Å². The lowest BCUT2D eigenvalue weighted by Gasteiger charge is -2.06. The summed E-state index contributed by atoms with van der Waals surface area (Å²) in [5.41, 5.74) is 0.00677. The van der Waals surface area contributed by atoms with Gasteiger partial charge >= 0.3 is 0 Å². The Morgan fingerprint density at radius 2 is 1.89 bits per heavy atom. The van der Waals surface area contributed by atoms with E-state index in [1.54, 1.807) is 0 Å². The highest BCUT2D eigenvalue weighted by Crippen LogP contribution is 2.31. The highest BCUT2D eigenvalue weighted by Gasteiger charge is 2.13. The van der Waals surface area contributed by atoms with E-state index in [1.165, 1.54) is 37.4 Å². The molecule has 3 rings (SSSR count). The minimum atomic E-state index is -0.287. The van der Waals surface area contributed by atoms with Gasteiger partial charge in [-0.1, -0.05) is 0 Å². The zero-order valence-corrected chi connectivity index (χ0v) is 10.0. The van der Waals surface area contributed by atoms with Crippen LogP contribution in [0.1, 0.15) is 0 Å². The second kappa shape index (κ2) is 3.91. The predicted molar refractivity (Wildman–Crippen MR) is 69.9 cm³/mol. The summed E-state index contributed by atoms with van der Waals surface area (Å²) in [4.78, 5) is 12.3. The van der Waals surface area contributed by atoms with Gasteiger partial charge in [-0.05, 0) is 18.2 Å². The maximum absolute atomic E-state index is 12.3. The molecule has 5 nitrogen and oxygen atoms in total. The molecule has 2 aromatic carbocycles. The smallest absolute Gasteiger partial charge is 0.200 e. The summed E-state index contributed by atoms with van der Waals surface area (Å²) in [6.07, 6.45) is 0. The van der Waals surface area contributed by atoms with Crippen LogP contribution < -0.4 is 10.2 Å². The molecule has 5 heteroatoms. The van der Waals surface area contributed by atoms with E-state index >= 15 is 0 Å². The maximum Gasteiger partial charge on any atom is 0.200 e. The number of hydrogen-bond donors (Lipinski definition) is 2.